The lowest BCUT2D eigenvalue weighted by Gasteiger charge is -2.22. The lowest BCUT2D eigenvalue weighted by Crippen LogP contribution is -2.25. The molecule has 1 aromatic carbocycles. The van der Waals surface area contributed by atoms with E-state index in [2.05, 4.69) is 0 Å². The van der Waals surface area contributed by atoms with E-state index in [4.69, 9.17) is 9.47 Å². The third-order valence-corrected chi connectivity index (χ3v) is 2.13. The minimum absolute atomic E-state index is 0.333. The predicted molar refractivity (Wildman–Crippen MR) is 58.4 cm³/mol. The van der Waals surface area contributed by atoms with E-state index < -0.39 is 12.4 Å². The first-order valence-corrected chi connectivity index (χ1v) is 5.35. The average Bonchev–Trinajstić information content (AvgIpc) is 2.29. The average molecular weight is 228 g/mol. The van der Waals surface area contributed by atoms with Crippen LogP contribution in [0.4, 0.5) is 4.39 Å². The number of benzene rings is 1. The molecule has 1 N–H and O–H groups in total. The van der Waals surface area contributed by atoms with Crippen molar-refractivity contribution >= 4 is 0 Å². The summed E-state index contributed by atoms with van der Waals surface area (Å²) in [5.74, 6) is -0.333. The van der Waals surface area contributed by atoms with Crippen molar-refractivity contribution in [2.75, 3.05) is 13.2 Å². The van der Waals surface area contributed by atoms with Gasteiger partial charge in [0.15, 0.2) is 6.29 Å². The molecule has 1 atom stereocenters. The molecule has 0 aliphatic carbocycles. The van der Waals surface area contributed by atoms with E-state index in [1.807, 2.05) is 13.8 Å². The molecule has 0 radical (unpaired) electrons. The zero-order valence-electron chi connectivity index (χ0n) is 9.52. The van der Waals surface area contributed by atoms with E-state index in [1.54, 1.807) is 0 Å². The Morgan fingerprint density at radius 3 is 2.06 bits per heavy atom. The third kappa shape index (κ3) is 3.56. The van der Waals surface area contributed by atoms with Gasteiger partial charge in [0.1, 0.15) is 11.9 Å². The minimum Gasteiger partial charge on any atom is -0.383 e. The monoisotopic (exact) mass is 228 g/mol. The number of ether oxygens (including phenoxy) is 2. The SMILES string of the molecule is CCOC(OCC)C(O)c1ccc(F)cc1. The number of aliphatic hydroxyl groups excluding tert-OH is 1. The molecule has 0 aromatic heterocycles. The Bertz CT molecular complexity index is 294. The fourth-order valence-corrected chi connectivity index (χ4v) is 1.38. The minimum atomic E-state index is -0.902. The Morgan fingerprint density at radius 1 is 1.12 bits per heavy atom. The van der Waals surface area contributed by atoms with Crippen LogP contribution >= 0.6 is 0 Å². The molecule has 0 fully saturated rings. The first-order chi connectivity index (χ1) is 7.69. The maximum Gasteiger partial charge on any atom is 0.187 e. The molecule has 0 saturated carbocycles. The van der Waals surface area contributed by atoms with Gasteiger partial charge in [0.25, 0.3) is 0 Å². The second kappa shape index (κ2) is 6.58. The molecule has 90 valence electrons. The van der Waals surface area contributed by atoms with Crippen LogP contribution in [-0.4, -0.2) is 24.6 Å². The van der Waals surface area contributed by atoms with Crippen molar-refractivity contribution in [2.24, 2.45) is 0 Å². The molecule has 1 aromatic rings. The molecular formula is C12H17FO3. The fourth-order valence-electron chi connectivity index (χ4n) is 1.38. The number of halogens is 1. The van der Waals surface area contributed by atoms with Gasteiger partial charge < -0.3 is 14.6 Å². The summed E-state index contributed by atoms with van der Waals surface area (Å²) in [6.07, 6.45) is -1.61. The first-order valence-electron chi connectivity index (χ1n) is 5.35. The van der Waals surface area contributed by atoms with Crippen molar-refractivity contribution in [2.45, 2.75) is 26.2 Å². The van der Waals surface area contributed by atoms with Crippen LogP contribution in [0, 0.1) is 5.82 Å². The molecule has 1 unspecified atom stereocenters. The number of rotatable bonds is 6. The van der Waals surface area contributed by atoms with Gasteiger partial charge >= 0.3 is 0 Å². The van der Waals surface area contributed by atoms with Gasteiger partial charge in [-0.05, 0) is 31.5 Å². The molecule has 0 bridgehead atoms. The Labute approximate surface area is 94.8 Å². The summed E-state index contributed by atoms with van der Waals surface area (Å²) >= 11 is 0. The predicted octanol–water partition coefficient (Wildman–Crippen LogP) is 2.26. The summed E-state index contributed by atoms with van der Waals surface area (Å²) in [6, 6.07) is 5.64. The van der Waals surface area contributed by atoms with E-state index >= 15 is 0 Å². The summed E-state index contributed by atoms with van der Waals surface area (Å²) in [6.45, 7) is 4.54. The van der Waals surface area contributed by atoms with Crippen LogP contribution in [0.15, 0.2) is 24.3 Å². The molecular weight excluding hydrogens is 211 g/mol. The second-order valence-electron chi connectivity index (χ2n) is 3.28. The van der Waals surface area contributed by atoms with Crippen molar-refractivity contribution < 1.29 is 19.0 Å². The molecule has 0 saturated heterocycles. The molecule has 0 spiro atoms. The summed E-state index contributed by atoms with van der Waals surface area (Å²) in [5.41, 5.74) is 0.577. The summed E-state index contributed by atoms with van der Waals surface area (Å²) in [4.78, 5) is 0. The molecule has 4 heteroatoms. The van der Waals surface area contributed by atoms with Crippen LogP contribution < -0.4 is 0 Å². The normalized spacial score (nSPS) is 13.1. The van der Waals surface area contributed by atoms with E-state index in [1.165, 1.54) is 24.3 Å². The van der Waals surface area contributed by atoms with Gasteiger partial charge in [-0.1, -0.05) is 12.1 Å². The number of hydrogen-bond acceptors (Lipinski definition) is 3. The van der Waals surface area contributed by atoms with Crippen molar-refractivity contribution in [1.82, 2.24) is 0 Å². The van der Waals surface area contributed by atoms with Gasteiger partial charge in [0, 0.05) is 13.2 Å². The third-order valence-electron chi connectivity index (χ3n) is 2.13. The molecule has 3 nitrogen and oxygen atoms in total. The van der Waals surface area contributed by atoms with Gasteiger partial charge in [0.2, 0.25) is 0 Å². The van der Waals surface area contributed by atoms with Gasteiger partial charge in [-0.25, -0.2) is 4.39 Å². The van der Waals surface area contributed by atoms with Crippen LogP contribution in [0.3, 0.4) is 0 Å². The highest BCUT2D eigenvalue weighted by Crippen LogP contribution is 2.20. The van der Waals surface area contributed by atoms with E-state index in [-0.39, 0.29) is 5.82 Å². The second-order valence-corrected chi connectivity index (χ2v) is 3.28. The largest absolute Gasteiger partial charge is 0.383 e. The van der Waals surface area contributed by atoms with E-state index in [9.17, 15) is 9.50 Å². The molecule has 0 aliphatic rings. The zero-order valence-corrected chi connectivity index (χ0v) is 9.52. The maximum absolute atomic E-state index is 12.7. The molecule has 0 aliphatic heterocycles. The maximum atomic E-state index is 12.7. The smallest absolute Gasteiger partial charge is 0.187 e. The number of aliphatic hydroxyl groups is 1. The summed E-state index contributed by atoms with van der Waals surface area (Å²) in [7, 11) is 0. The van der Waals surface area contributed by atoms with Crippen molar-refractivity contribution in [3.8, 4) is 0 Å². The lowest BCUT2D eigenvalue weighted by molar-refractivity contribution is -0.191. The van der Waals surface area contributed by atoms with Crippen LogP contribution in [0.5, 0.6) is 0 Å². The van der Waals surface area contributed by atoms with E-state index in [0.29, 0.717) is 18.8 Å². The Kier molecular flexibility index (Phi) is 5.38. The molecule has 0 amide bonds. The lowest BCUT2D eigenvalue weighted by atomic mass is 10.1. The Balaban J connectivity index is 2.72. The molecule has 0 heterocycles. The standard InChI is InChI=1S/C12H17FO3/c1-3-15-12(16-4-2)11(14)9-5-7-10(13)8-6-9/h5-8,11-12,14H,3-4H2,1-2H3. The molecule has 1 rings (SSSR count). The van der Waals surface area contributed by atoms with Crippen LogP contribution in [0.25, 0.3) is 0 Å². The number of hydrogen-bond donors (Lipinski definition) is 1. The van der Waals surface area contributed by atoms with Gasteiger partial charge in [-0.2, -0.15) is 0 Å². The van der Waals surface area contributed by atoms with Crippen molar-refractivity contribution in [3.05, 3.63) is 35.6 Å². The highest BCUT2D eigenvalue weighted by atomic mass is 19.1. The summed E-state index contributed by atoms with van der Waals surface area (Å²) < 4.78 is 23.2. The molecule has 16 heavy (non-hydrogen) atoms. The summed E-state index contributed by atoms with van der Waals surface area (Å²) in [5, 5.41) is 9.96. The van der Waals surface area contributed by atoms with Crippen LogP contribution in [0.2, 0.25) is 0 Å². The topological polar surface area (TPSA) is 38.7 Å². The van der Waals surface area contributed by atoms with Gasteiger partial charge in [-0.15, -0.1) is 0 Å². The van der Waals surface area contributed by atoms with Gasteiger partial charge in [0.05, 0.1) is 0 Å². The van der Waals surface area contributed by atoms with Crippen LogP contribution in [0.1, 0.15) is 25.5 Å². The zero-order chi connectivity index (χ0) is 12.0. The highest BCUT2D eigenvalue weighted by molar-refractivity contribution is 5.18. The fraction of sp³-hybridized carbons (Fsp3) is 0.500. The van der Waals surface area contributed by atoms with Gasteiger partial charge in [-0.3, -0.25) is 0 Å². The van der Waals surface area contributed by atoms with Crippen molar-refractivity contribution in [1.29, 1.82) is 0 Å². The Morgan fingerprint density at radius 2 is 1.62 bits per heavy atom. The van der Waals surface area contributed by atoms with Crippen molar-refractivity contribution in [3.63, 3.8) is 0 Å². The first kappa shape index (κ1) is 13.1. The highest BCUT2D eigenvalue weighted by Gasteiger charge is 2.21. The quantitative estimate of drug-likeness (QED) is 0.759. The van der Waals surface area contributed by atoms with E-state index in [0.717, 1.165) is 0 Å². The Hall–Kier alpha value is -0.970. The van der Waals surface area contributed by atoms with Crippen LogP contribution in [-0.2, 0) is 9.47 Å².